The van der Waals surface area contributed by atoms with Crippen molar-refractivity contribution >= 4 is 29.1 Å². The standard InChI is InChI=1S/C12H12N4O3S/c1-2-3-8-10(20-16-15-8)11(17)14-7-4-5-13-9(6-7)12(18)19/h4-6H,2-3H2,1H3,(H,18,19)(H,13,14,17). The number of pyridine rings is 1. The lowest BCUT2D eigenvalue weighted by Gasteiger charge is -2.04. The number of aryl methyl sites for hydroxylation is 1. The Morgan fingerprint density at radius 1 is 1.45 bits per heavy atom. The molecular weight excluding hydrogens is 280 g/mol. The topological polar surface area (TPSA) is 105 Å². The predicted molar refractivity (Wildman–Crippen MR) is 73.1 cm³/mol. The van der Waals surface area contributed by atoms with E-state index in [0.717, 1.165) is 18.0 Å². The van der Waals surface area contributed by atoms with Crippen molar-refractivity contribution < 1.29 is 14.7 Å². The van der Waals surface area contributed by atoms with Crippen LogP contribution in [0, 0.1) is 0 Å². The molecule has 0 unspecified atom stereocenters. The zero-order valence-electron chi connectivity index (χ0n) is 10.7. The van der Waals surface area contributed by atoms with Crippen LogP contribution in [0.5, 0.6) is 0 Å². The van der Waals surface area contributed by atoms with Crippen molar-refractivity contribution in [3.63, 3.8) is 0 Å². The van der Waals surface area contributed by atoms with E-state index in [2.05, 4.69) is 19.9 Å². The average Bonchev–Trinajstić information content (AvgIpc) is 2.88. The Morgan fingerprint density at radius 3 is 2.95 bits per heavy atom. The van der Waals surface area contributed by atoms with Crippen molar-refractivity contribution in [2.45, 2.75) is 19.8 Å². The number of nitrogens with one attached hydrogen (secondary N) is 1. The molecule has 0 saturated heterocycles. The molecule has 0 radical (unpaired) electrons. The molecule has 2 heterocycles. The third-order valence-corrected chi connectivity index (χ3v) is 3.25. The highest BCUT2D eigenvalue weighted by Crippen LogP contribution is 2.16. The second-order valence-corrected chi connectivity index (χ2v) is 4.74. The van der Waals surface area contributed by atoms with Crippen molar-refractivity contribution in [1.82, 2.24) is 14.6 Å². The third kappa shape index (κ3) is 3.15. The molecule has 0 aliphatic carbocycles. The molecule has 0 bridgehead atoms. The fraction of sp³-hybridized carbons (Fsp3) is 0.250. The second-order valence-electron chi connectivity index (χ2n) is 3.99. The van der Waals surface area contributed by atoms with E-state index >= 15 is 0 Å². The highest BCUT2D eigenvalue weighted by molar-refractivity contribution is 7.08. The Hall–Kier alpha value is -2.35. The highest BCUT2D eigenvalue weighted by Gasteiger charge is 2.16. The van der Waals surface area contributed by atoms with Gasteiger partial charge in [0.2, 0.25) is 0 Å². The van der Waals surface area contributed by atoms with E-state index in [9.17, 15) is 9.59 Å². The van der Waals surface area contributed by atoms with Crippen molar-refractivity contribution in [2.24, 2.45) is 0 Å². The van der Waals surface area contributed by atoms with E-state index in [1.807, 2.05) is 6.92 Å². The summed E-state index contributed by atoms with van der Waals surface area (Å²) in [7, 11) is 0. The Balaban J connectivity index is 2.17. The number of nitrogens with zero attached hydrogens (tertiary/aromatic N) is 3. The van der Waals surface area contributed by atoms with Gasteiger partial charge in [0.05, 0.1) is 5.69 Å². The van der Waals surface area contributed by atoms with Crippen LogP contribution in [-0.4, -0.2) is 31.6 Å². The number of aromatic nitrogens is 3. The van der Waals surface area contributed by atoms with Crippen molar-refractivity contribution in [1.29, 1.82) is 0 Å². The molecule has 0 spiro atoms. The molecule has 104 valence electrons. The molecule has 0 fully saturated rings. The molecule has 20 heavy (non-hydrogen) atoms. The van der Waals surface area contributed by atoms with Crippen LogP contribution in [0.15, 0.2) is 18.3 Å². The lowest BCUT2D eigenvalue weighted by Crippen LogP contribution is -2.13. The van der Waals surface area contributed by atoms with Gasteiger partial charge in [-0.25, -0.2) is 9.78 Å². The number of carboxylic acids is 1. The van der Waals surface area contributed by atoms with Gasteiger partial charge in [-0.3, -0.25) is 4.79 Å². The number of carboxylic acid groups (broad SMARTS) is 1. The molecule has 1 amide bonds. The lowest BCUT2D eigenvalue weighted by molar-refractivity contribution is 0.0690. The summed E-state index contributed by atoms with van der Waals surface area (Å²) in [5, 5.41) is 15.4. The summed E-state index contributed by atoms with van der Waals surface area (Å²) in [5.74, 6) is -1.49. The summed E-state index contributed by atoms with van der Waals surface area (Å²) in [6.45, 7) is 1.99. The van der Waals surface area contributed by atoms with E-state index in [0.29, 0.717) is 22.7 Å². The van der Waals surface area contributed by atoms with Crippen LogP contribution in [0.25, 0.3) is 0 Å². The van der Waals surface area contributed by atoms with E-state index in [-0.39, 0.29) is 11.6 Å². The molecular formula is C12H12N4O3S. The molecule has 2 N–H and O–H groups in total. The summed E-state index contributed by atoms with van der Waals surface area (Å²) in [6.07, 6.45) is 2.87. The van der Waals surface area contributed by atoms with Crippen LogP contribution in [0.4, 0.5) is 5.69 Å². The number of hydrogen-bond acceptors (Lipinski definition) is 6. The van der Waals surface area contributed by atoms with Gasteiger partial charge in [-0.15, -0.1) is 5.10 Å². The summed E-state index contributed by atoms with van der Waals surface area (Å²) in [6, 6.07) is 2.83. The van der Waals surface area contributed by atoms with Gasteiger partial charge in [0.15, 0.2) is 0 Å². The van der Waals surface area contributed by atoms with Crippen LogP contribution < -0.4 is 5.32 Å². The molecule has 0 atom stereocenters. The zero-order valence-corrected chi connectivity index (χ0v) is 11.5. The van der Waals surface area contributed by atoms with Crippen LogP contribution in [0.2, 0.25) is 0 Å². The Labute approximate surface area is 118 Å². The highest BCUT2D eigenvalue weighted by atomic mass is 32.1. The summed E-state index contributed by atoms with van der Waals surface area (Å²) >= 11 is 1.02. The van der Waals surface area contributed by atoms with E-state index < -0.39 is 5.97 Å². The van der Waals surface area contributed by atoms with E-state index in [4.69, 9.17) is 5.11 Å². The van der Waals surface area contributed by atoms with Gasteiger partial charge < -0.3 is 10.4 Å². The maximum atomic E-state index is 12.1. The number of amides is 1. The first kappa shape index (κ1) is 14.1. The fourth-order valence-electron chi connectivity index (χ4n) is 1.59. The summed E-state index contributed by atoms with van der Waals surface area (Å²) in [5.41, 5.74) is 0.903. The predicted octanol–water partition coefficient (Wildman–Crippen LogP) is 1.84. The molecule has 7 nitrogen and oxygen atoms in total. The van der Waals surface area contributed by atoms with Crippen LogP contribution >= 0.6 is 11.5 Å². The molecule has 2 aromatic rings. The molecule has 8 heteroatoms. The minimum atomic E-state index is -1.15. The molecule has 0 aromatic carbocycles. The molecule has 0 aliphatic heterocycles. The van der Waals surface area contributed by atoms with Gasteiger partial charge in [-0.05, 0) is 30.1 Å². The van der Waals surface area contributed by atoms with Gasteiger partial charge in [0.25, 0.3) is 5.91 Å². The van der Waals surface area contributed by atoms with Crippen LogP contribution in [-0.2, 0) is 6.42 Å². The number of carbonyl (C=O) groups is 2. The maximum absolute atomic E-state index is 12.1. The van der Waals surface area contributed by atoms with Gasteiger partial charge in [0.1, 0.15) is 10.6 Å². The number of hydrogen-bond donors (Lipinski definition) is 2. The summed E-state index contributed by atoms with van der Waals surface area (Å²) in [4.78, 5) is 27.0. The smallest absolute Gasteiger partial charge is 0.354 e. The monoisotopic (exact) mass is 292 g/mol. The largest absolute Gasteiger partial charge is 0.477 e. The second kappa shape index (κ2) is 6.20. The fourth-order valence-corrected chi connectivity index (χ4v) is 2.20. The minimum absolute atomic E-state index is 0.126. The number of rotatable bonds is 5. The molecule has 2 rings (SSSR count). The Bertz CT molecular complexity index is 641. The minimum Gasteiger partial charge on any atom is -0.477 e. The van der Waals surface area contributed by atoms with Gasteiger partial charge >= 0.3 is 5.97 Å². The zero-order chi connectivity index (χ0) is 14.5. The first-order valence-corrected chi connectivity index (χ1v) is 6.71. The molecule has 0 saturated carbocycles. The van der Waals surface area contributed by atoms with Crippen molar-refractivity contribution in [3.05, 3.63) is 34.6 Å². The quantitative estimate of drug-likeness (QED) is 0.871. The molecule has 0 aliphatic rings. The third-order valence-electron chi connectivity index (χ3n) is 2.49. The normalized spacial score (nSPS) is 10.2. The first-order chi connectivity index (χ1) is 9.61. The van der Waals surface area contributed by atoms with Gasteiger partial charge in [0, 0.05) is 11.9 Å². The lowest BCUT2D eigenvalue weighted by atomic mass is 10.2. The molecule has 2 aromatic heterocycles. The number of carbonyl (C=O) groups excluding carboxylic acids is 1. The van der Waals surface area contributed by atoms with Crippen LogP contribution in [0.1, 0.15) is 39.2 Å². The first-order valence-electron chi connectivity index (χ1n) is 5.93. The number of aromatic carboxylic acids is 1. The van der Waals surface area contributed by atoms with Gasteiger partial charge in [-0.2, -0.15) is 0 Å². The Morgan fingerprint density at radius 2 is 2.25 bits per heavy atom. The maximum Gasteiger partial charge on any atom is 0.354 e. The van der Waals surface area contributed by atoms with E-state index in [1.165, 1.54) is 18.3 Å². The average molecular weight is 292 g/mol. The van der Waals surface area contributed by atoms with Crippen molar-refractivity contribution in [2.75, 3.05) is 5.32 Å². The SMILES string of the molecule is CCCc1nnsc1C(=O)Nc1ccnc(C(=O)O)c1. The van der Waals surface area contributed by atoms with Crippen LogP contribution in [0.3, 0.4) is 0 Å². The summed E-state index contributed by atoms with van der Waals surface area (Å²) < 4.78 is 3.77. The van der Waals surface area contributed by atoms with E-state index in [1.54, 1.807) is 0 Å². The van der Waals surface area contributed by atoms with Gasteiger partial charge in [-0.1, -0.05) is 17.8 Å². The Kier molecular flexibility index (Phi) is 4.36. The number of anilines is 1. The van der Waals surface area contributed by atoms with Crippen molar-refractivity contribution in [3.8, 4) is 0 Å².